The number of para-hydroxylation sites is 2. The molecule has 1 atom stereocenters. The van der Waals surface area contributed by atoms with E-state index in [0.29, 0.717) is 11.4 Å². The van der Waals surface area contributed by atoms with Gasteiger partial charge in [0.05, 0.1) is 18.7 Å². The highest BCUT2D eigenvalue weighted by molar-refractivity contribution is 5.93. The number of methoxy groups -OCH3 is 1. The average molecular weight is 251 g/mol. The molecule has 5 nitrogen and oxygen atoms in total. The quantitative estimate of drug-likeness (QED) is 0.866. The molecule has 98 valence electrons. The molecule has 0 saturated heterocycles. The number of hydrogen-bond acceptors (Lipinski definition) is 3. The molecule has 0 aliphatic carbocycles. The fourth-order valence-electron chi connectivity index (χ4n) is 1.60. The molecule has 5 heteroatoms. The van der Waals surface area contributed by atoms with Crippen LogP contribution in [0.25, 0.3) is 0 Å². The average Bonchev–Trinajstić information content (AvgIpc) is 2.35. The second-order valence-corrected chi connectivity index (χ2v) is 4.04. The van der Waals surface area contributed by atoms with Crippen LogP contribution in [-0.4, -0.2) is 30.6 Å². The zero-order chi connectivity index (χ0) is 13.7. The summed E-state index contributed by atoms with van der Waals surface area (Å²) in [5.41, 5.74) is 0.584. The Labute approximate surface area is 106 Å². The van der Waals surface area contributed by atoms with Crippen molar-refractivity contribution >= 4 is 17.6 Å². The molecule has 0 fully saturated rings. The smallest absolute Gasteiger partial charge is 0.308 e. The Bertz CT molecular complexity index is 444. The van der Waals surface area contributed by atoms with Crippen molar-refractivity contribution in [1.82, 2.24) is 0 Å². The maximum absolute atomic E-state index is 11.6. The minimum absolute atomic E-state index is 0.116. The standard InChI is InChI=1S/C13H17NO4/c1-9(13(16)17)8-14(10(2)15)11-6-4-5-7-12(11)18-3/h4-7,9H,8H2,1-3H3,(H,16,17). The zero-order valence-electron chi connectivity index (χ0n) is 10.7. The van der Waals surface area contributed by atoms with E-state index in [-0.39, 0.29) is 12.5 Å². The lowest BCUT2D eigenvalue weighted by Gasteiger charge is -2.24. The fraction of sp³-hybridized carbons (Fsp3) is 0.385. The molecule has 0 radical (unpaired) electrons. The second kappa shape index (κ2) is 6.05. The van der Waals surface area contributed by atoms with Crippen molar-refractivity contribution in [2.75, 3.05) is 18.6 Å². The molecule has 1 amide bonds. The van der Waals surface area contributed by atoms with E-state index in [4.69, 9.17) is 9.84 Å². The number of rotatable bonds is 5. The molecule has 1 aromatic rings. The van der Waals surface area contributed by atoms with E-state index in [1.54, 1.807) is 31.2 Å². The lowest BCUT2D eigenvalue weighted by atomic mass is 10.1. The Morgan fingerprint density at radius 2 is 2.00 bits per heavy atom. The Balaban J connectivity index is 3.05. The van der Waals surface area contributed by atoms with Crippen molar-refractivity contribution in [2.45, 2.75) is 13.8 Å². The number of amides is 1. The summed E-state index contributed by atoms with van der Waals surface area (Å²) in [5, 5.41) is 8.92. The van der Waals surface area contributed by atoms with Crippen LogP contribution in [0.5, 0.6) is 5.75 Å². The minimum atomic E-state index is -0.934. The number of hydrogen-bond donors (Lipinski definition) is 1. The lowest BCUT2D eigenvalue weighted by molar-refractivity contribution is -0.140. The molecule has 1 aromatic carbocycles. The first kappa shape index (κ1) is 14.0. The molecule has 0 aliphatic rings. The highest BCUT2D eigenvalue weighted by Gasteiger charge is 2.21. The summed E-state index contributed by atoms with van der Waals surface area (Å²) in [6.45, 7) is 3.08. The Hall–Kier alpha value is -2.04. The summed E-state index contributed by atoms with van der Waals surface area (Å²) >= 11 is 0. The van der Waals surface area contributed by atoms with Gasteiger partial charge in [-0.2, -0.15) is 0 Å². The Morgan fingerprint density at radius 1 is 1.39 bits per heavy atom. The lowest BCUT2D eigenvalue weighted by Crippen LogP contribution is -2.35. The number of carbonyl (C=O) groups excluding carboxylic acids is 1. The molecule has 0 aliphatic heterocycles. The summed E-state index contributed by atoms with van der Waals surface area (Å²) < 4.78 is 5.18. The van der Waals surface area contributed by atoms with Gasteiger partial charge in [-0.1, -0.05) is 19.1 Å². The van der Waals surface area contributed by atoms with Gasteiger partial charge in [0.1, 0.15) is 5.75 Å². The van der Waals surface area contributed by atoms with Gasteiger partial charge in [0, 0.05) is 13.5 Å². The van der Waals surface area contributed by atoms with Crippen LogP contribution in [0, 0.1) is 5.92 Å². The van der Waals surface area contributed by atoms with Crippen molar-refractivity contribution < 1.29 is 19.4 Å². The molecule has 0 bridgehead atoms. The van der Waals surface area contributed by atoms with Crippen LogP contribution in [0.2, 0.25) is 0 Å². The topological polar surface area (TPSA) is 66.8 Å². The molecule has 0 spiro atoms. The van der Waals surface area contributed by atoms with E-state index in [0.717, 1.165) is 0 Å². The van der Waals surface area contributed by atoms with E-state index < -0.39 is 11.9 Å². The third kappa shape index (κ3) is 3.23. The van der Waals surface area contributed by atoms with Crippen molar-refractivity contribution in [3.63, 3.8) is 0 Å². The van der Waals surface area contributed by atoms with Crippen LogP contribution in [-0.2, 0) is 9.59 Å². The third-order valence-corrected chi connectivity index (χ3v) is 2.63. The van der Waals surface area contributed by atoms with Crippen molar-refractivity contribution in [2.24, 2.45) is 5.92 Å². The van der Waals surface area contributed by atoms with Crippen LogP contribution >= 0.6 is 0 Å². The molecule has 0 aromatic heterocycles. The van der Waals surface area contributed by atoms with E-state index >= 15 is 0 Å². The Morgan fingerprint density at radius 3 is 2.50 bits per heavy atom. The Kier molecular flexibility index (Phi) is 4.71. The summed E-state index contributed by atoms with van der Waals surface area (Å²) in [7, 11) is 1.51. The van der Waals surface area contributed by atoms with Gasteiger partial charge in [-0.15, -0.1) is 0 Å². The van der Waals surface area contributed by atoms with Crippen molar-refractivity contribution in [1.29, 1.82) is 0 Å². The normalized spacial score (nSPS) is 11.7. The van der Waals surface area contributed by atoms with Crippen LogP contribution in [0.4, 0.5) is 5.69 Å². The summed E-state index contributed by atoms with van der Waals surface area (Å²) in [4.78, 5) is 23.9. The van der Waals surface area contributed by atoms with E-state index in [1.165, 1.54) is 18.9 Å². The van der Waals surface area contributed by atoms with Gasteiger partial charge in [0.2, 0.25) is 5.91 Å². The molecule has 1 unspecified atom stereocenters. The fourth-order valence-corrected chi connectivity index (χ4v) is 1.60. The van der Waals surface area contributed by atoms with E-state index in [9.17, 15) is 9.59 Å². The third-order valence-electron chi connectivity index (χ3n) is 2.63. The number of carboxylic acids is 1. The monoisotopic (exact) mass is 251 g/mol. The molecule has 0 saturated carbocycles. The second-order valence-electron chi connectivity index (χ2n) is 4.04. The van der Waals surface area contributed by atoms with Gasteiger partial charge < -0.3 is 14.7 Å². The number of benzene rings is 1. The number of ether oxygens (including phenoxy) is 1. The molecular formula is C13H17NO4. The van der Waals surface area contributed by atoms with Gasteiger partial charge in [0.25, 0.3) is 0 Å². The van der Waals surface area contributed by atoms with Crippen LogP contribution in [0.15, 0.2) is 24.3 Å². The van der Waals surface area contributed by atoms with Gasteiger partial charge in [-0.05, 0) is 12.1 Å². The van der Waals surface area contributed by atoms with E-state index in [1.807, 2.05) is 0 Å². The van der Waals surface area contributed by atoms with Crippen LogP contribution in [0.1, 0.15) is 13.8 Å². The summed E-state index contributed by atoms with van der Waals surface area (Å²) in [5.74, 6) is -1.24. The number of anilines is 1. The van der Waals surface area contributed by atoms with Gasteiger partial charge >= 0.3 is 5.97 Å². The molecule has 0 heterocycles. The maximum Gasteiger partial charge on any atom is 0.308 e. The highest BCUT2D eigenvalue weighted by atomic mass is 16.5. The first-order valence-corrected chi connectivity index (χ1v) is 5.61. The van der Waals surface area contributed by atoms with Crippen molar-refractivity contribution in [3.05, 3.63) is 24.3 Å². The predicted octanol–water partition coefficient (Wildman–Crippen LogP) is 1.77. The zero-order valence-corrected chi connectivity index (χ0v) is 10.7. The molecule has 18 heavy (non-hydrogen) atoms. The first-order chi connectivity index (χ1) is 8.47. The molecular weight excluding hydrogens is 234 g/mol. The predicted molar refractivity (Wildman–Crippen MR) is 67.8 cm³/mol. The first-order valence-electron chi connectivity index (χ1n) is 5.61. The number of nitrogens with zero attached hydrogens (tertiary/aromatic N) is 1. The molecule has 1 rings (SSSR count). The SMILES string of the molecule is COc1ccccc1N(CC(C)C(=O)O)C(C)=O. The summed E-state index contributed by atoms with van der Waals surface area (Å²) in [6.07, 6.45) is 0. The van der Waals surface area contributed by atoms with Gasteiger partial charge in [0.15, 0.2) is 0 Å². The van der Waals surface area contributed by atoms with Crippen LogP contribution in [0.3, 0.4) is 0 Å². The van der Waals surface area contributed by atoms with Gasteiger partial charge in [-0.25, -0.2) is 0 Å². The number of carbonyl (C=O) groups is 2. The van der Waals surface area contributed by atoms with Crippen LogP contribution < -0.4 is 9.64 Å². The number of carboxylic acid groups (broad SMARTS) is 1. The van der Waals surface area contributed by atoms with Crippen molar-refractivity contribution in [3.8, 4) is 5.75 Å². The highest BCUT2D eigenvalue weighted by Crippen LogP contribution is 2.28. The van der Waals surface area contributed by atoms with E-state index in [2.05, 4.69) is 0 Å². The summed E-state index contributed by atoms with van der Waals surface area (Å²) in [6, 6.07) is 7.03. The molecule has 1 N–H and O–H groups in total. The minimum Gasteiger partial charge on any atom is -0.495 e. The largest absolute Gasteiger partial charge is 0.495 e. The maximum atomic E-state index is 11.6. The number of aliphatic carboxylic acids is 1. The van der Waals surface area contributed by atoms with Gasteiger partial charge in [-0.3, -0.25) is 9.59 Å².